The van der Waals surface area contributed by atoms with Crippen molar-refractivity contribution in [3.05, 3.63) is 53.3 Å². The Balaban J connectivity index is 1.91. The summed E-state index contributed by atoms with van der Waals surface area (Å²) >= 11 is 7.33. The van der Waals surface area contributed by atoms with Crippen LogP contribution in [0.15, 0.2) is 42.1 Å². The zero-order valence-electron chi connectivity index (χ0n) is 13.1. The van der Waals surface area contributed by atoms with Crippen LogP contribution in [-0.2, 0) is 11.3 Å². The van der Waals surface area contributed by atoms with Gasteiger partial charge in [0.05, 0.1) is 11.8 Å². The Morgan fingerprint density at radius 1 is 1.52 bits per heavy atom. The van der Waals surface area contributed by atoms with Gasteiger partial charge in [0.15, 0.2) is 5.16 Å². The molecule has 1 amide bonds. The fourth-order valence-electron chi connectivity index (χ4n) is 2.08. The number of thioether (sulfide) groups is 1. The SMILES string of the molecule is C=CCn1c(C)nnc1SCC(=O)N[C@H](C)c1cccc(Cl)c1. The van der Waals surface area contributed by atoms with E-state index in [9.17, 15) is 4.79 Å². The van der Waals surface area contributed by atoms with Crippen LogP contribution < -0.4 is 5.32 Å². The van der Waals surface area contributed by atoms with Gasteiger partial charge < -0.3 is 9.88 Å². The van der Waals surface area contributed by atoms with E-state index in [0.717, 1.165) is 11.4 Å². The number of carbonyl (C=O) groups is 1. The molecule has 23 heavy (non-hydrogen) atoms. The zero-order valence-corrected chi connectivity index (χ0v) is 14.7. The maximum Gasteiger partial charge on any atom is 0.230 e. The molecule has 0 spiro atoms. The molecule has 0 aliphatic heterocycles. The van der Waals surface area contributed by atoms with E-state index in [1.54, 1.807) is 6.08 Å². The third-order valence-corrected chi connectivity index (χ3v) is 4.47. The number of hydrogen-bond acceptors (Lipinski definition) is 4. The molecule has 1 N–H and O–H groups in total. The minimum atomic E-state index is -0.102. The lowest BCUT2D eigenvalue weighted by atomic mass is 10.1. The summed E-state index contributed by atoms with van der Waals surface area (Å²) in [7, 11) is 0. The number of benzene rings is 1. The van der Waals surface area contributed by atoms with E-state index in [0.29, 0.717) is 16.7 Å². The highest BCUT2D eigenvalue weighted by Gasteiger charge is 2.13. The van der Waals surface area contributed by atoms with E-state index >= 15 is 0 Å². The molecule has 0 unspecified atom stereocenters. The second-order valence-corrected chi connectivity index (χ2v) is 6.44. The van der Waals surface area contributed by atoms with Crippen LogP contribution >= 0.6 is 23.4 Å². The number of allylic oxidation sites excluding steroid dienone is 1. The number of nitrogens with zero attached hydrogens (tertiary/aromatic N) is 3. The number of aromatic nitrogens is 3. The van der Waals surface area contributed by atoms with Crippen molar-refractivity contribution in [2.45, 2.75) is 31.6 Å². The lowest BCUT2D eigenvalue weighted by Crippen LogP contribution is -2.28. The first-order valence-corrected chi connectivity index (χ1v) is 8.56. The van der Waals surface area contributed by atoms with Crippen molar-refractivity contribution in [3.63, 3.8) is 0 Å². The monoisotopic (exact) mass is 350 g/mol. The molecule has 0 aliphatic rings. The topological polar surface area (TPSA) is 59.8 Å². The number of halogens is 1. The normalized spacial score (nSPS) is 12.0. The Hall–Kier alpha value is -1.79. The molecule has 0 fully saturated rings. The van der Waals surface area contributed by atoms with Crippen LogP contribution in [0, 0.1) is 6.92 Å². The average molecular weight is 351 g/mol. The second kappa shape index (κ2) is 8.17. The van der Waals surface area contributed by atoms with Gasteiger partial charge in [0.25, 0.3) is 0 Å². The summed E-state index contributed by atoms with van der Waals surface area (Å²) in [5.74, 6) is 1.02. The lowest BCUT2D eigenvalue weighted by molar-refractivity contribution is -0.119. The van der Waals surface area contributed by atoms with Crippen molar-refractivity contribution in [1.29, 1.82) is 0 Å². The summed E-state index contributed by atoms with van der Waals surface area (Å²) in [5, 5.41) is 12.4. The molecule has 0 saturated carbocycles. The van der Waals surface area contributed by atoms with Gasteiger partial charge in [-0.2, -0.15) is 0 Å². The van der Waals surface area contributed by atoms with E-state index in [1.165, 1.54) is 11.8 Å². The highest BCUT2D eigenvalue weighted by molar-refractivity contribution is 7.99. The standard InChI is InChI=1S/C16H19ClN4OS/c1-4-8-21-12(3)19-20-16(21)23-10-15(22)18-11(2)13-6-5-7-14(17)9-13/h4-7,9,11H,1,8,10H2,2-3H3,(H,18,22)/t11-/m1/s1. The first-order chi connectivity index (χ1) is 11.0. The highest BCUT2D eigenvalue weighted by Crippen LogP contribution is 2.19. The Labute approximate surface area is 145 Å². The van der Waals surface area contributed by atoms with Gasteiger partial charge >= 0.3 is 0 Å². The first-order valence-electron chi connectivity index (χ1n) is 7.19. The van der Waals surface area contributed by atoms with Crippen LogP contribution in [0.25, 0.3) is 0 Å². The molecule has 5 nitrogen and oxygen atoms in total. The summed E-state index contributed by atoms with van der Waals surface area (Å²) in [6.45, 7) is 8.15. The molecular formula is C16H19ClN4OS. The quantitative estimate of drug-likeness (QED) is 0.614. The average Bonchev–Trinajstić information content (AvgIpc) is 2.86. The number of carbonyl (C=O) groups excluding carboxylic acids is 1. The fraction of sp³-hybridized carbons (Fsp3) is 0.312. The summed E-state index contributed by atoms with van der Waals surface area (Å²) in [6.07, 6.45) is 1.78. The largest absolute Gasteiger partial charge is 0.349 e. The molecule has 1 aromatic heterocycles. The van der Waals surface area contributed by atoms with Crippen molar-refractivity contribution >= 4 is 29.3 Å². The van der Waals surface area contributed by atoms with Crippen molar-refractivity contribution < 1.29 is 4.79 Å². The number of amides is 1. The molecule has 1 aromatic carbocycles. The molecule has 0 bridgehead atoms. The number of hydrogen-bond donors (Lipinski definition) is 1. The third-order valence-electron chi connectivity index (χ3n) is 3.27. The Bertz CT molecular complexity index is 701. The van der Waals surface area contributed by atoms with Crippen molar-refractivity contribution in [3.8, 4) is 0 Å². The van der Waals surface area contributed by atoms with Crippen molar-refractivity contribution in [2.75, 3.05) is 5.75 Å². The highest BCUT2D eigenvalue weighted by atomic mass is 35.5. The molecule has 2 rings (SSSR count). The molecule has 7 heteroatoms. The summed E-state index contributed by atoms with van der Waals surface area (Å²) in [5.41, 5.74) is 0.974. The maximum absolute atomic E-state index is 12.1. The first kappa shape index (κ1) is 17.6. The molecule has 0 saturated heterocycles. The molecule has 1 heterocycles. The molecule has 0 aliphatic carbocycles. The van der Waals surface area contributed by atoms with Crippen LogP contribution in [0.5, 0.6) is 0 Å². The van der Waals surface area contributed by atoms with Crippen LogP contribution in [0.3, 0.4) is 0 Å². The van der Waals surface area contributed by atoms with Crippen molar-refractivity contribution in [1.82, 2.24) is 20.1 Å². The Kier molecular flexibility index (Phi) is 6.24. The smallest absolute Gasteiger partial charge is 0.230 e. The van der Waals surface area contributed by atoms with Gasteiger partial charge in [0.1, 0.15) is 5.82 Å². The van der Waals surface area contributed by atoms with Gasteiger partial charge in [0.2, 0.25) is 5.91 Å². The van der Waals surface area contributed by atoms with E-state index in [-0.39, 0.29) is 17.7 Å². The lowest BCUT2D eigenvalue weighted by Gasteiger charge is -2.14. The van der Waals surface area contributed by atoms with E-state index < -0.39 is 0 Å². The third kappa shape index (κ3) is 4.84. The van der Waals surface area contributed by atoms with Gasteiger partial charge in [-0.25, -0.2) is 0 Å². The number of nitrogens with one attached hydrogen (secondary N) is 1. The molecule has 2 aromatic rings. The van der Waals surface area contributed by atoms with E-state index in [2.05, 4.69) is 22.1 Å². The summed E-state index contributed by atoms with van der Waals surface area (Å²) in [6, 6.07) is 7.37. The molecule has 122 valence electrons. The summed E-state index contributed by atoms with van der Waals surface area (Å²) in [4.78, 5) is 12.1. The number of aryl methyl sites for hydroxylation is 1. The van der Waals surface area contributed by atoms with Gasteiger partial charge in [-0.15, -0.1) is 16.8 Å². The van der Waals surface area contributed by atoms with Gasteiger partial charge in [0, 0.05) is 11.6 Å². The van der Waals surface area contributed by atoms with Crippen LogP contribution in [0.4, 0.5) is 0 Å². The molecular weight excluding hydrogens is 332 g/mol. The van der Waals surface area contributed by atoms with E-state index in [4.69, 9.17) is 11.6 Å². The van der Waals surface area contributed by atoms with Crippen LogP contribution in [0.1, 0.15) is 24.4 Å². The Morgan fingerprint density at radius 3 is 3.00 bits per heavy atom. The van der Waals surface area contributed by atoms with E-state index in [1.807, 2.05) is 42.7 Å². The maximum atomic E-state index is 12.1. The minimum absolute atomic E-state index is 0.0618. The zero-order chi connectivity index (χ0) is 16.8. The predicted molar refractivity (Wildman–Crippen MR) is 93.7 cm³/mol. The van der Waals surface area contributed by atoms with Crippen molar-refractivity contribution in [2.24, 2.45) is 0 Å². The second-order valence-electron chi connectivity index (χ2n) is 5.06. The number of rotatable bonds is 7. The summed E-state index contributed by atoms with van der Waals surface area (Å²) < 4.78 is 1.92. The predicted octanol–water partition coefficient (Wildman–Crippen LogP) is 3.40. The van der Waals surface area contributed by atoms with Gasteiger partial charge in [-0.05, 0) is 31.5 Å². The van der Waals surface area contributed by atoms with Gasteiger partial charge in [-0.1, -0.05) is 41.6 Å². The molecule has 0 radical (unpaired) electrons. The van der Waals surface area contributed by atoms with Crippen LogP contribution in [-0.4, -0.2) is 26.4 Å². The van der Waals surface area contributed by atoms with Gasteiger partial charge in [-0.3, -0.25) is 4.79 Å². The molecule has 1 atom stereocenters. The Morgan fingerprint density at radius 2 is 2.30 bits per heavy atom. The van der Waals surface area contributed by atoms with Crippen LogP contribution in [0.2, 0.25) is 5.02 Å². The minimum Gasteiger partial charge on any atom is -0.349 e. The fourth-order valence-corrected chi connectivity index (χ4v) is 3.08.